The fraction of sp³-hybridized carbons (Fsp3) is 0.125. The van der Waals surface area contributed by atoms with Gasteiger partial charge in [-0.1, -0.05) is 23.7 Å². The molecule has 0 saturated carbocycles. The van der Waals surface area contributed by atoms with Crippen molar-refractivity contribution in [3.8, 4) is 0 Å². The largest absolute Gasteiger partial charge is 0.465 e. The first kappa shape index (κ1) is 15.1. The highest BCUT2D eigenvalue weighted by Gasteiger charge is 2.12. The number of hydrogen-bond donors (Lipinski definition) is 1. The zero-order valence-electron chi connectivity index (χ0n) is 11.6. The van der Waals surface area contributed by atoms with E-state index >= 15 is 0 Å². The summed E-state index contributed by atoms with van der Waals surface area (Å²) in [6.45, 7) is 1.82. The van der Waals surface area contributed by atoms with Crippen LogP contribution in [0, 0.1) is 6.92 Å². The number of nitrogens with one attached hydrogen (secondary N) is 1. The second-order valence-corrected chi connectivity index (χ2v) is 4.85. The van der Waals surface area contributed by atoms with Crippen molar-refractivity contribution in [2.24, 2.45) is 0 Å². The van der Waals surface area contributed by atoms with Crippen LogP contribution in [-0.2, 0) is 4.74 Å². The highest BCUT2D eigenvalue weighted by atomic mass is 35.5. The van der Waals surface area contributed by atoms with Crippen LogP contribution in [0.4, 0.5) is 5.69 Å². The molecule has 2 aromatic rings. The molecule has 0 aliphatic heterocycles. The molecule has 0 aliphatic carbocycles. The molecule has 0 spiro atoms. The normalized spacial score (nSPS) is 10.0. The number of carbonyl (C=O) groups is 2. The van der Waals surface area contributed by atoms with Gasteiger partial charge in [0.2, 0.25) is 0 Å². The molecular formula is C16H14ClNO3. The lowest BCUT2D eigenvalue weighted by atomic mass is 10.1. The summed E-state index contributed by atoms with van der Waals surface area (Å²) in [7, 11) is 1.30. The minimum atomic E-state index is -0.483. The molecule has 0 aromatic heterocycles. The minimum absolute atomic E-state index is 0.314. The van der Waals surface area contributed by atoms with Crippen molar-refractivity contribution in [3.05, 3.63) is 64.2 Å². The number of anilines is 1. The van der Waals surface area contributed by atoms with Crippen LogP contribution in [0.2, 0.25) is 5.02 Å². The Hall–Kier alpha value is -2.33. The van der Waals surface area contributed by atoms with Crippen molar-refractivity contribution >= 4 is 29.2 Å². The molecule has 0 radical (unpaired) electrons. The van der Waals surface area contributed by atoms with Crippen LogP contribution in [0.5, 0.6) is 0 Å². The summed E-state index contributed by atoms with van der Waals surface area (Å²) in [5.41, 5.74) is 2.12. The van der Waals surface area contributed by atoms with Crippen LogP contribution in [0.3, 0.4) is 0 Å². The van der Waals surface area contributed by atoms with Gasteiger partial charge >= 0.3 is 5.97 Å². The van der Waals surface area contributed by atoms with Gasteiger partial charge in [0, 0.05) is 16.3 Å². The van der Waals surface area contributed by atoms with Crippen LogP contribution in [0.15, 0.2) is 42.5 Å². The van der Waals surface area contributed by atoms with Gasteiger partial charge in [0.1, 0.15) is 0 Å². The van der Waals surface area contributed by atoms with Gasteiger partial charge in [0.15, 0.2) is 0 Å². The average molecular weight is 304 g/mol. The quantitative estimate of drug-likeness (QED) is 0.880. The molecule has 0 unspecified atom stereocenters. The Balaban J connectivity index is 2.25. The van der Waals surface area contributed by atoms with E-state index in [0.717, 1.165) is 5.56 Å². The number of benzene rings is 2. The number of methoxy groups -OCH3 is 1. The van der Waals surface area contributed by atoms with Crippen molar-refractivity contribution in [3.63, 3.8) is 0 Å². The van der Waals surface area contributed by atoms with Gasteiger partial charge < -0.3 is 10.1 Å². The summed E-state index contributed by atoms with van der Waals surface area (Å²) in [5, 5.41) is 3.36. The smallest absolute Gasteiger partial charge is 0.337 e. The Morgan fingerprint density at radius 2 is 1.76 bits per heavy atom. The van der Waals surface area contributed by atoms with E-state index in [1.165, 1.54) is 13.2 Å². The van der Waals surface area contributed by atoms with E-state index < -0.39 is 5.97 Å². The Labute approximate surface area is 127 Å². The van der Waals surface area contributed by atoms with Gasteiger partial charge in [-0.05, 0) is 42.8 Å². The third kappa shape index (κ3) is 3.41. The van der Waals surface area contributed by atoms with Crippen LogP contribution < -0.4 is 5.32 Å². The molecule has 2 rings (SSSR count). The number of esters is 1. The molecule has 0 atom stereocenters. The van der Waals surface area contributed by atoms with Crippen LogP contribution >= 0.6 is 11.6 Å². The topological polar surface area (TPSA) is 55.4 Å². The maximum absolute atomic E-state index is 12.2. The van der Waals surface area contributed by atoms with Crippen molar-refractivity contribution < 1.29 is 14.3 Å². The molecular weight excluding hydrogens is 290 g/mol. The Morgan fingerprint density at radius 1 is 1.10 bits per heavy atom. The number of carbonyl (C=O) groups excluding carboxylic acids is 2. The maximum Gasteiger partial charge on any atom is 0.337 e. The maximum atomic E-state index is 12.2. The zero-order valence-corrected chi connectivity index (χ0v) is 12.4. The highest BCUT2D eigenvalue weighted by Crippen LogP contribution is 2.23. The molecule has 0 saturated heterocycles. The summed E-state index contributed by atoms with van der Waals surface area (Å²) in [6, 6.07) is 11.6. The van der Waals surface area contributed by atoms with E-state index in [9.17, 15) is 9.59 Å². The molecule has 2 aromatic carbocycles. The molecule has 0 heterocycles. The van der Waals surface area contributed by atoms with E-state index in [0.29, 0.717) is 21.8 Å². The van der Waals surface area contributed by atoms with Gasteiger partial charge in [-0.25, -0.2) is 4.79 Å². The van der Waals surface area contributed by atoms with Crippen molar-refractivity contribution in [2.45, 2.75) is 6.92 Å². The summed E-state index contributed by atoms with van der Waals surface area (Å²) in [4.78, 5) is 23.7. The third-order valence-corrected chi connectivity index (χ3v) is 3.47. The Bertz CT molecular complexity index is 698. The van der Waals surface area contributed by atoms with Crippen molar-refractivity contribution in [2.75, 3.05) is 12.4 Å². The Morgan fingerprint density at radius 3 is 2.48 bits per heavy atom. The highest BCUT2D eigenvalue weighted by molar-refractivity contribution is 6.31. The number of amides is 1. The molecule has 0 aliphatic rings. The zero-order chi connectivity index (χ0) is 15.4. The first-order chi connectivity index (χ1) is 10.0. The van der Waals surface area contributed by atoms with Gasteiger partial charge in [-0.2, -0.15) is 0 Å². The van der Waals surface area contributed by atoms with Gasteiger partial charge in [-0.15, -0.1) is 0 Å². The monoisotopic (exact) mass is 303 g/mol. The predicted molar refractivity (Wildman–Crippen MR) is 81.9 cm³/mol. The first-order valence-electron chi connectivity index (χ1n) is 6.27. The van der Waals surface area contributed by atoms with E-state index in [1.54, 1.807) is 36.4 Å². The molecule has 4 nitrogen and oxygen atoms in total. The van der Waals surface area contributed by atoms with E-state index in [2.05, 4.69) is 10.1 Å². The molecule has 0 fully saturated rings. The standard InChI is InChI=1S/C16H14ClNO3/c1-10-13(17)7-4-8-14(10)18-15(19)11-5-3-6-12(9-11)16(20)21-2/h3-9H,1-2H3,(H,18,19). The Kier molecular flexibility index (Phi) is 4.60. The SMILES string of the molecule is COC(=O)c1cccc(C(=O)Nc2cccc(Cl)c2C)c1. The van der Waals surface area contributed by atoms with Gasteiger partial charge in [-0.3, -0.25) is 4.79 Å². The summed E-state index contributed by atoms with van der Waals surface area (Å²) in [6.07, 6.45) is 0. The summed E-state index contributed by atoms with van der Waals surface area (Å²) in [5.74, 6) is -0.797. The third-order valence-electron chi connectivity index (χ3n) is 3.06. The summed E-state index contributed by atoms with van der Waals surface area (Å²) < 4.78 is 4.64. The minimum Gasteiger partial charge on any atom is -0.465 e. The average Bonchev–Trinajstić information content (AvgIpc) is 2.51. The fourth-order valence-electron chi connectivity index (χ4n) is 1.84. The molecule has 5 heteroatoms. The second kappa shape index (κ2) is 6.41. The number of rotatable bonds is 3. The van der Waals surface area contributed by atoms with E-state index in [1.807, 2.05) is 6.92 Å². The number of halogens is 1. The number of ether oxygens (including phenoxy) is 1. The van der Waals surface area contributed by atoms with Crippen molar-refractivity contribution in [1.82, 2.24) is 0 Å². The van der Waals surface area contributed by atoms with Gasteiger partial charge in [0.05, 0.1) is 12.7 Å². The van der Waals surface area contributed by atoms with Crippen LogP contribution in [0.25, 0.3) is 0 Å². The fourth-order valence-corrected chi connectivity index (χ4v) is 2.02. The molecule has 21 heavy (non-hydrogen) atoms. The molecule has 0 bridgehead atoms. The number of hydrogen-bond acceptors (Lipinski definition) is 3. The van der Waals surface area contributed by atoms with Crippen molar-refractivity contribution in [1.29, 1.82) is 0 Å². The lowest BCUT2D eigenvalue weighted by molar-refractivity contribution is 0.0600. The predicted octanol–water partition coefficient (Wildman–Crippen LogP) is 3.69. The van der Waals surface area contributed by atoms with E-state index in [4.69, 9.17) is 11.6 Å². The van der Waals surface area contributed by atoms with Crippen LogP contribution in [-0.4, -0.2) is 19.0 Å². The first-order valence-corrected chi connectivity index (χ1v) is 6.65. The molecule has 108 valence electrons. The van der Waals surface area contributed by atoms with E-state index in [-0.39, 0.29) is 5.91 Å². The lowest BCUT2D eigenvalue weighted by Gasteiger charge is -2.10. The summed E-state index contributed by atoms with van der Waals surface area (Å²) >= 11 is 6.02. The van der Waals surface area contributed by atoms with Gasteiger partial charge in [0.25, 0.3) is 5.91 Å². The molecule has 1 N–H and O–H groups in total. The lowest BCUT2D eigenvalue weighted by Crippen LogP contribution is -2.14. The second-order valence-electron chi connectivity index (χ2n) is 4.44. The molecule has 1 amide bonds. The van der Waals surface area contributed by atoms with Crippen LogP contribution in [0.1, 0.15) is 26.3 Å².